The number of hydrogen-bond donors (Lipinski definition) is 0. The number of piperidine rings is 1. The second kappa shape index (κ2) is 6.67. The summed E-state index contributed by atoms with van der Waals surface area (Å²) in [4.78, 5) is 4.77. The van der Waals surface area contributed by atoms with Gasteiger partial charge in [0, 0.05) is 44.3 Å². The summed E-state index contributed by atoms with van der Waals surface area (Å²) in [5, 5.41) is 12.5. The van der Waals surface area contributed by atoms with E-state index in [0.29, 0.717) is 6.04 Å². The molecule has 0 unspecified atom stereocenters. The fraction of sp³-hybridized carbons (Fsp3) is 0.533. The van der Waals surface area contributed by atoms with Gasteiger partial charge < -0.3 is 4.90 Å². The van der Waals surface area contributed by atoms with Crippen molar-refractivity contribution in [2.75, 3.05) is 31.6 Å². The molecule has 3 heterocycles. The summed E-state index contributed by atoms with van der Waals surface area (Å²) < 4.78 is 1.99. The maximum absolute atomic E-state index is 4.26. The smallest absolute Gasteiger partial charge is 0.151 e. The van der Waals surface area contributed by atoms with Crippen molar-refractivity contribution in [2.45, 2.75) is 25.4 Å². The third-order valence-corrected chi connectivity index (χ3v) is 4.14. The number of nitrogens with zero attached hydrogens (tertiary/aromatic N) is 6. The first-order chi connectivity index (χ1) is 10.3. The van der Waals surface area contributed by atoms with E-state index >= 15 is 0 Å². The summed E-state index contributed by atoms with van der Waals surface area (Å²) in [5.41, 5.74) is 0. The summed E-state index contributed by atoms with van der Waals surface area (Å²) in [6, 6.07) is 6.53. The number of anilines is 1. The zero-order chi connectivity index (χ0) is 14.5. The van der Waals surface area contributed by atoms with E-state index in [1.807, 2.05) is 35.3 Å². The predicted molar refractivity (Wildman–Crippen MR) is 82.1 cm³/mol. The van der Waals surface area contributed by atoms with Gasteiger partial charge >= 0.3 is 0 Å². The first-order valence-corrected chi connectivity index (χ1v) is 7.53. The molecule has 2 aromatic heterocycles. The van der Waals surface area contributed by atoms with Crippen molar-refractivity contribution in [1.29, 1.82) is 0 Å². The number of likely N-dealkylation sites (N-methyl/N-ethyl adjacent to an activating group) is 1. The maximum atomic E-state index is 4.26. The van der Waals surface area contributed by atoms with E-state index in [4.69, 9.17) is 0 Å². The Kier molecular flexibility index (Phi) is 4.45. The topological polar surface area (TPSA) is 50.1 Å². The minimum absolute atomic E-state index is 0.566. The van der Waals surface area contributed by atoms with Crippen LogP contribution in [0.1, 0.15) is 12.8 Å². The van der Waals surface area contributed by atoms with Gasteiger partial charge in [0.15, 0.2) is 5.82 Å². The van der Waals surface area contributed by atoms with Crippen molar-refractivity contribution in [3.8, 4) is 0 Å². The van der Waals surface area contributed by atoms with Crippen molar-refractivity contribution >= 4 is 5.82 Å². The van der Waals surface area contributed by atoms with Crippen molar-refractivity contribution in [3.63, 3.8) is 0 Å². The highest BCUT2D eigenvalue weighted by Gasteiger charge is 2.23. The van der Waals surface area contributed by atoms with E-state index in [2.05, 4.69) is 32.1 Å². The van der Waals surface area contributed by atoms with Crippen LogP contribution in [0.5, 0.6) is 0 Å². The van der Waals surface area contributed by atoms with Gasteiger partial charge in [-0.2, -0.15) is 10.2 Å². The lowest BCUT2D eigenvalue weighted by molar-refractivity contribution is 0.205. The highest BCUT2D eigenvalue weighted by Crippen LogP contribution is 2.19. The Morgan fingerprint density at radius 3 is 3.05 bits per heavy atom. The summed E-state index contributed by atoms with van der Waals surface area (Å²) in [7, 11) is 2.20. The van der Waals surface area contributed by atoms with Crippen LogP contribution in [0.2, 0.25) is 0 Å². The lowest BCUT2D eigenvalue weighted by Crippen LogP contribution is -2.47. The number of hydrogen-bond acceptors (Lipinski definition) is 5. The molecule has 1 aliphatic rings. The van der Waals surface area contributed by atoms with Gasteiger partial charge in [-0.3, -0.25) is 9.58 Å². The Hall–Kier alpha value is -1.95. The molecule has 0 aliphatic carbocycles. The zero-order valence-electron chi connectivity index (χ0n) is 12.5. The maximum Gasteiger partial charge on any atom is 0.151 e. The lowest BCUT2D eigenvalue weighted by Gasteiger charge is -2.38. The summed E-state index contributed by atoms with van der Waals surface area (Å²) in [6.07, 6.45) is 8.01. The molecule has 3 rings (SSSR count). The van der Waals surface area contributed by atoms with Crippen molar-refractivity contribution in [1.82, 2.24) is 24.9 Å². The van der Waals surface area contributed by atoms with Crippen LogP contribution in [-0.2, 0) is 6.54 Å². The summed E-state index contributed by atoms with van der Waals surface area (Å²) in [6.45, 7) is 4.04. The van der Waals surface area contributed by atoms with Crippen LogP contribution in [0, 0.1) is 0 Å². The lowest BCUT2D eigenvalue weighted by atomic mass is 10.0. The van der Waals surface area contributed by atoms with Crippen LogP contribution in [0.25, 0.3) is 0 Å². The van der Waals surface area contributed by atoms with Gasteiger partial charge in [-0.05, 0) is 38.1 Å². The molecular weight excluding hydrogens is 264 g/mol. The molecule has 112 valence electrons. The van der Waals surface area contributed by atoms with Crippen LogP contribution in [0.4, 0.5) is 5.82 Å². The van der Waals surface area contributed by atoms with Crippen LogP contribution < -0.4 is 4.90 Å². The van der Waals surface area contributed by atoms with Crippen LogP contribution >= 0.6 is 0 Å². The van der Waals surface area contributed by atoms with Gasteiger partial charge in [-0.25, -0.2) is 0 Å². The molecule has 1 aliphatic heterocycles. The largest absolute Gasteiger partial charge is 0.354 e. The Morgan fingerprint density at radius 1 is 1.33 bits per heavy atom. The van der Waals surface area contributed by atoms with E-state index in [9.17, 15) is 0 Å². The Bertz CT molecular complexity index is 526. The Morgan fingerprint density at radius 2 is 2.29 bits per heavy atom. The minimum Gasteiger partial charge on any atom is -0.354 e. The third-order valence-electron chi connectivity index (χ3n) is 4.14. The van der Waals surface area contributed by atoms with E-state index in [0.717, 1.165) is 32.0 Å². The normalized spacial score (nSPS) is 19.1. The molecule has 21 heavy (non-hydrogen) atoms. The first kappa shape index (κ1) is 14.0. The van der Waals surface area contributed by atoms with Crippen LogP contribution in [-0.4, -0.2) is 57.6 Å². The molecule has 0 N–H and O–H groups in total. The quantitative estimate of drug-likeness (QED) is 0.828. The molecule has 1 fully saturated rings. The fourth-order valence-electron chi connectivity index (χ4n) is 2.86. The molecule has 2 aromatic rings. The molecular formula is C15H22N6. The van der Waals surface area contributed by atoms with Crippen LogP contribution in [0.3, 0.4) is 0 Å². The second-order valence-electron chi connectivity index (χ2n) is 5.57. The van der Waals surface area contributed by atoms with Gasteiger partial charge in [-0.15, -0.1) is 5.10 Å². The fourth-order valence-corrected chi connectivity index (χ4v) is 2.86. The van der Waals surface area contributed by atoms with Gasteiger partial charge in [-0.1, -0.05) is 0 Å². The highest BCUT2D eigenvalue weighted by atomic mass is 15.3. The molecule has 0 spiro atoms. The van der Waals surface area contributed by atoms with Gasteiger partial charge in [0.2, 0.25) is 0 Å². The molecule has 0 saturated carbocycles. The molecule has 0 amide bonds. The highest BCUT2D eigenvalue weighted by molar-refractivity contribution is 5.37. The first-order valence-electron chi connectivity index (χ1n) is 7.53. The molecule has 0 radical (unpaired) electrons. The number of aromatic nitrogens is 4. The van der Waals surface area contributed by atoms with Crippen LogP contribution in [0.15, 0.2) is 36.8 Å². The van der Waals surface area contributed by atoms with E-state index in [1.165, 1.54) is 12.8 Å². The standard InChI is InChI=1S/C15H22N6/c1-19(11-12-21-10-4-8-17-21)14-5-3-9-20(13-14)15-6-2-7-16-18-15/h2,4,6-8,10,14H,3,5,9,11-13H2,1H3/t14-/m1/s1. The van der Waals surface area contributed by atoms with Gasteiger partial charge in [0.1, 0.15) is 0 Å². The zero-order valence-corrected chi connectivity index (χ0v) is 12.5. The van der Waals surface area contributed by atoms with E-state index < -0.39 is 0 Å². The molecule has 0 bridgehead atoms. The average Bonchev–Trinajstić information content (AvgIpc) is 3.07. The second-order valence-corrected chi connectivity index (χ2v) is 5.57. The SMILES string of the molecule is CN(CCn1cccn1)[C@@H]1CCCN(c2cccnn2)C1. The molecule has 0 aromatic carbocycles. The minimum atomic E-state index is 0.566. The monoisotopic (exact) mass is 286 g/mol. The summed E-state index contributed by atoms with van der Waals surface area (Å²) >= 11 is 0. The molecule has 1 atom stereocenters. The van der Waals surface area contributed by atoms with Crippen molar-refractivity contribution < 1.29 is 0 Å². The molecule has 6 heteroatoms. The predicted octanol–water partition coefficient (Wildman–Crippen LogP) is 1.27. The van der Waals surface area contributed by atoms with Gasteiger partial charge in [0.25, 0.3) is 0 Å². The van der Waals surface area contributed by atoms with Gasteiger partial charge in [0.05, 0.1) is 6.54 Å². The van der Waals surface area contributed by atoms with Crippen molar-refractivity contribution in [2.24, 2.45) is 0 Å². The molecule has 1 saturated heterocycles. The molecule has 6 nitrogen and oxygen atoms in total. The Labute approximate surface area is 125 Å². The Balaban J connectivity index is 1.55. The summed E-state index contributed by atoms with van der Waals surface area (Å²) in [5.74, 6) is 0.989. The number of rotatable bonds is 5. The average molecular weight is 286 g/mol. The van der Waals surface area contributed by atoms with E-state index in [1.54, 1.807) is 6.20 Å². The van der Waals surface area contributed by atoms with Crippen molar-refractivity contribution in [3.05, 3.63) is 36.8 Å². The van der Waals surface area contributed by atoms with E-state index in [-0.39, 0.29) is 0 Å². The third kappa shape index (κ3) is 3.58.